The number of hydrogen-bond donors (Lipinski definition) is 1. The summed E-state index contributed by atoms with van der Waals surface area (Å²) in [5.74, 6) is 0.421. The minimum Gasteiger partial charge on any atom is -0.386 e. The van der Waals surface area contributed by atoms with Crippen molar-refractivity contribution in [3.05, 3.63) is 30.1 Å². The molecule has 0 aromatic carbocycles. The number of aliphatic hydroxyl groups excluding tert-OH is 1. The molecule has 3 unspecified atom stereocenters. The zero-order valence-electron chi connectivity index (χ0n) is 8.26. The molecule has 0 aliphatic carbocycles. The third kappa shape index (κ3) is 1.79. The highest BCUT2D eigenvalue weighted by Gasteiger charge is 2.31. The van der Waals surface area contributed by atoms with Crippen LogP contribution in [-0.2, 0) is 4.74 Å². The lowest BCUT2D eigenvalue weighted by atomic mass is 9.96. The van der Waals surface area contributed by atoms with Gasteiger partial charge >= 0.3 is 0 Å². The van der Waals surface area contributed by atoms with Crippen molar-refractivity contribution in [2.75, 3.05) is 6.61 Å². The molecule has 0 radical (unpaired) electrons. The summed E-state index contributed by atoms with van der Waals surface area (Å²) in [5.41, 5.74) is 0.839. The summed E-state index contributed by atoms with van der Waals surface area (Å²) in [6.07, 6.45) is 3.82. The summed E-state index contributed by atoms with van der Waals surface area (Å²) in [6.45, 7) is 2.86. The van der Waals surface area contributed by atoms with Gasteiger partial charge in [-0.15, -0.1) is 0 Å². The first kappa shape index (κ1) is 9.62. The largest absolute Gasteiger partial charge is 0.386 e. The molecule has 1 N–H and O–H groups in total. The topological polar surface area (TPSA) is 42.4 Å². The van der Waals surface area contributed by atoms with E-state index >= 15 is 0 Å². The van der Waals surface area contributed by atoms with Gasteiger partial charge in [-0.25, -0.2) is 0 Å². The average molecular weight is 193 g/mol. The van der Waals surface area contributed by atoms with Gasteiger partial charge in [0.25, 0.3) is 0 Å². The molecule has 3 nitrogen and oxygen atoms in total. The van der Waals surface area contributed by atoms with Crippen molar-refractivity contribution in [1.82, 2.24) is 4.98 Å². The second kappa shape index (κ2) is 4.07. The van der Waals surface area contributed by atoms with Crippen molar-refractivity contribution in [2.45, 2.75) is 25.6 Å². The van der Waals surface area contributed by atoms with Crippen LogP contribution in [0.4, 0.5) is 0 Å². The van der Waals surface area contributed by atoms with Crippen LogP contribution in [0.2, 0.25) is 0 Å². The molecule has 3 atom stereocenters. The summed E-state index contributed by atoms with van der Waals surface area (Å²) in [7, 11) is 0. The molecule has 0 spiro atoms. The Morgan fingerprint density at radius 3 is 3.07 bits per heavy atom. The number of pyridine rings is 1. The summed E-state index contributed by atoms with van der Waals surface area (Å²) >= 11 is 0. The van der Waals surface area contributed by atoms with E-state index in [1.54, 1.807) is 12.4 Å². The summed E-state index contributed by atoms with van der Waals surface area (Å²) in [5, 5.41) is 10.0. The molecule has 3 heteroatoms. The van der Waals surface area contributed by atoms with Crippen LogP contribution >= 0.6 is 0 Å². The molecule has 14 heavy (non-hydrogen) atoms. The van der Waals surface area contributed by atoms with Gasteiger partial charge in [-0.3, -0.25) is 4.98 Å². The number of nitrogens with zero attached hydrogens (tertiary/aromatic N) is 1. The molecule has 1 saturated heterocycles. The fourth-order valence-electron chi connectivity index (χ4n) is 1.86. The van der Waals surface area contributed by atoms with E-state index in [9.17, 15) is 5.11 Å². The molecule has 0 bridgehead atoms. The van der Waals surface area contributed by atoms with E-state index in [4.69, 9.17) is 4.74 Å². The van der Waals surface area contributed by atoms with Crippen molar-refractivity contribution >= 4 is 0 Å². The van der Waals surface area contributed by atoms with Crippen LogP contribution in [0, 0.1) is 5.92 Å². The second-order valence-electron chi connectivity index (χ2n) is 3.83. The molecule has 76 valence electrons. The molecule has 1 aliphatic heterocycles. The first-order valence-electron chi connectivity index (χ1n) is 4.98. The average Bonchev–Trinajstić information content (AvgIpc) is 2.65. The molecule has 2 heterocycles. The predicted octanol–water partition coefficient (Wildman–Crippen LogP) is 1.54. The third-order valence-corrected chi connectivity index (χ3v) is 2.78. The van der Waals surface area contributed by atoms with E-state index in [0.29, 0.717) is 5.92 Å². The SMILES string of the molecule is CC1CCOC1C(O)c1cccnc1. The van der Waals surface area contributed by atoms with Gasteiger partial charge in [0.15, 0.2) is 0 Å². The molecular formula is C11H15NO2. The monoisotopic (exact) mass is 193 g/mol. The Balaban J connectivity index is 2.12. The summed E-state index contributed by atoms with van der Waals surface area (Å²) < 4.78 is 5.50. The maximum absolute atomic E-state index is 10.0. The van der Waals surface area contributed by atoms with Crippen molar-refractivity contribution in [1.29, 1.82) is 0 Å². The zero-order valence-corrected chi connectivity index (χ0v) is 8.26. The van der Waals surface area contributed by atoms with E-state index < -0.39 is 6.10 Å². The van der Waals surface area contributed by atoms with Crippen LogP contribution in [0.15, 0.2) is 24.5 Å². The smallest absolute Gasteiger partial charge is 0.107 e. The third-order valence-electron chi connectivity index (χ3n) is 2.78. The molecule has 2 rings (SSSR count). The van der Waals surface area contributed by atoms with Gasteiger partial charge in [0, 0.05) is 24.6 Å². The maximum Gasteiger partial charge on any atom is 0.107 e. The summed E-state index contributed by atoms with van der Waals surface area (Å²) in [4.78, 5) is 3.99. The highest BCUT2D eigenvalue weighted by Crippen LogP contribution is 2.30. The van der Waals surface area contributed by atoms with E-state index in [0.717, 1.165) is 18.6 Å². The van der Waals surface area contributed by atoms with Gasteiger partial charge in [-0.05, 0) is 18.4 Å². The van der Waals surface area contributed by atoms with Crippen molar-refractivity contribution < 1.29 is 9.84 Å². The van der Waals surface area contributed by atoms with Crippen LogP contribution < -0.4 is 0 Å². The molecule has 1 aliphatic rings. The maximum atomic E-state index is 10.0. The minimum absolute atomic E-state index is 0.0702. The van der Waals surface area contributed by atoms with Crippen LogP contribution in [0.25, 0.3) is 0 Å². The van der Waals surface area contributed by atoms with Gasteiger partial charge in [0.1, 0.15) is 6.10 Å². The molecule has 1 aromatic rings. The molecule has 1 fully saturated rings. The normalized spacial score (nSPS) is 29.0. The van der Waals surface area contributed by atoms with Crippen LogP contribution in [0.5, 0.6) is 0 Å². The Labute approximate surface area is 83.7 Å². The molecule has 1 aromatic heterocycles. The lowest BCUT2D eigenvalue weighted by Gasteiger charge is -2.21. The van der Waals surface area contributed by atoms with E-state index in [1.807, 2.05) is 12.1 Å². The van der Waals surface area contributed by atoms with Gasteiger partial charge < -0.3 is 9.84 Å². The number of aliphatic hydroxyl groups is 1. The Kier molecular flexibility index (Phi) is 2.79. The first-order valence-corrected chi connectivity index (χ1v) is 4.98. The quantitative estimate of drug-likeness (QED) is 0.774. The summed E-state index contributed by atoms with van der Waals surface area (Å²) in [6, 6.07) is 3.71. The van der Waals surface area contributed by atoms with E-state index in [2.05, 4.69) is 11.9 Å². The molecule has 0 amide bonds. The number of hydrogen-bond acceptors (Lipinski definition) is 3. The Morgan fingerprint density at radius 2 is 2.50 bits per heavy atom. The number of rotatable bonds is 2. The second-order valence-corrected chi connectivity index (χ2v) is 3.83. The fraction of sp³-hybridized carbons (Fsp3) is 0.545. The van der Waals surface area contributed by atoms with Crippen LogP contribution in [-0.4, -0.2) is 22.8 Å². The standard InChI is InChI=1S/C11H15NO2/c1-8-4-6-14-11(8)10(13)9-3-2-5-12-7-9/h2-3,5,7-8,10-11,13H,4,6H2,1H3. The Bertz CT molecular complexity index is 289. The first-order chi connectivity index (χ1) is 6.79. The van der Waals surface area contributed by atoms with Crippen molar-refractivity contribution in [2.24, 2.45) is 5.92 Å². The number of ether oxygens (including phenoxy) is 1. The number of aromatic nitrogens is 1. The Morgan fingerprint density at radius 1 is 1.64 bits per heavy atom. The fourth-order valence-corrected chi connectivity index (χ4v) is 1.86. The van der Waals surface area contributed by atoms with Gasteiger partial charge in [0.2, 0.25) is 0 Å². The Hall–Kier alpha value is -0.930. The molecular weight excluding hydrogens is 178 g/mol. The van der Waals surface area contributed by atoms with E-state index in [-0.39, 0.29) is 6.10 Å². The van der Waals surface area contributed by atoms with Gasteiger partial charge in [-0.2, -0.15) is 0 Å². The predicted molar refractivity (Wildman–Crippen MR) is 52.7 cm³/mol. The minimum atomic E-state index is -0.541. The van der Waals surface area contributed by atoms with E-state index in [1.165, 1.54) is 0 Å². The van der Waals surface area contributed by atoms with Crippen molar-refractivity contribution in [3.8, 4) is 0 Å². The lowest BCUT2D eigenvalue weighted by Crippen LogP contribution is -2.23. The van der Waals surface area contributed by atoms with Gasteiger partial charge in [-0.1, -0.05) is 13.0 Å². The van der Waals surface area contributed by atoms with Crippen molar-refractivity contribution in [3.63, 3.8) is 0 Å². The highest BCUT2D eigenvalue weighted by atomic mass is 16.5. The molecule has 0 saturated carbocycles. The van der Waals surface area contributed by atoms with Crippen LogP contribution in [0.3, 0.4) is 0 Å². The van der Waals surface area contributed by atoms with Crippen LogP contribution in [0.1, 0.15) is 25.0 Å². The van der Waals surface area contributed by atoms with Gasteiger partial charge in [0.05, 0.1) is 6.10 Å². The zero-order chi connectivity index (χ0) is 9.97. The highest BCUT2D eigenvalue weighted by molar-refractivity contribution is 5.13. The lowest BCUT2D eigenvalue weighted by molar-refractivity contribution is -0.0179.